The molecule has 0 spiro atoms. The summed E-state index contributed by atoms with van der Waals surface area (Å²) in [6, 6.07) is 0. The average molecular weight is 336 g/mol. The molecule has 1 aromatic rings. The van der Waals surface area contributed by atoms with E-state index < -0.39 is 11.5 Å². The zero-order valence-corrected chi connectivity index (χ0v) is 14.3. The van der Waals surface area contributed by atoms with Crippen molar-refractivity contribution in [3.8, 4) is 0 Å². The number of ether oxygens (including phenoxy) is 1. The largest absolute Gasteiger partial charge is 0.465 e. The van der Waals surface area contributed by atoms with E-state index in [1.54, 1.807) is 6.92 Å². The Morgan fingerprint density at radius 1 is 1.43 bits per heavy atom. The highest BCUT2D eigenvalue weighted by molar-refractivity contribution is 7.17. The lowest BCUT2D eigenvalue weighted by atomic mass is 9.97. The van der Waals surface area contributed by atoms with E-state index in [0.29, 0.717) is 28.5 Å². The molecule has 1 atom stereocenters. The van der Waals surface area contributed by atoms with Gasteiger partial charge in [0.2, 0.25) is 5.91 Å². The highest BCUT2D eigenvalue weighted by Crippen LogP contribution is 2.25. The number of anilines is 1. The summed E-state index contributed by atoms with van der Waals surface area (Å²) in [4.78, 5) is 28.3. The summed E-state index contributed by atoms with van der Waals surface area (Å²) in [6.07, 6.45) is 1.98. The number of methoxy groups -OCH3 is 1. The van der Waals surface area contributed by atoms with Gasteiger partial charge in [-0.3, -0.25) is 4.79 Å². The first kappa shape index (κ1) is 19.8. The Morgan fingerprint density at radius 3 is 2.52 bits per heavy atom. The molecular weight excluding hydrogens is 314 g/mol. The maximum atomic E-state index is 12.1. The van der Waals surface area contributed by atoms with E-state index >= 15 is 0 Å². The standard InChI is InChI=1S/C13H21N3O3S.ClH/c1-5-7-13(3,14)11(18)16-12-15-8(6-2)9(20-12)10(17)19-4;/h5-7,14H2,1-4H3,(H,15,16,18);1H. The van der Waals surface area contributed by atoms with Gasteiger partial charge in [0.15, 0.2) is 5.13 Å². The van der Waals surface area contributed by atoms with Crippen LogP contribution in [0.2, 0.25) is 0 Å². The van der Waals surface area contributed by atoms with Gasteiger partial charge >= 0.3 is 5.97 Å². The zero-order chi connectivity index (χ0) is 15.3. The summed E-state index contributed by atoms with van der Waals surface area (Å²) in [6.45, 7) is 5.53. The number of amides is 1. The first-order chi connectivity index (χ1) is 9.35. The molecule has 0 aliphatic heterocycles. The van der Waals surface area contributed by atoms with Crippen molar-refractivity contribution < 1.29 is 14.3 Å². The molecule has 1 heterocycles. The van der Waals surface area contributed by atoms with Gasteiger partial charge in [-0.15, -0.1) is 12.4 Å². The Morgan fingerprint density at radius 2 is 2.05 bits per heavy atom. The van der Waals surface area contributed by atoms with Gasteiger partial charge in [0.1, 0.15) is 4.88 Å². The number of nitrogens with one attached hydrogen (secondary N) is 1. The lowest BCUT2D eigenvalue weighted by Gasteiger charge is -2.21. The third-order valence-electron chi connectivity index (χ3n) is 2.91. The Hall–Kier alpha value is -1.18. The summed E-state index contributed by atoms with van der Waals surface area (Å²) in [5, 5.41) is 3.05. The third kappa shape index (κ3) is 4.94. The second-order valence-electron chi connectivity index (χ2n) is 4.76. The predicted molar refractivity (Wildman–Crippen MR) is 86.2 cm³/mol. The fourth-order valence-electron chi connectivity index (χ4n) is 1.77. The first-order valence-electron chi connectivity index (χ1n) is 6.54. The molecule has 1 amide bonds. The normalized spacial score (nSPS) is 13.0. The molecule has 0 aliphatic carbocycles. The van der Waals surface area contributed by atoms with Crippen LogP contribution in [-0.4, -0.2) is 29.5 Å². The van der Waals surface area contributed by atoms with Crippen LogP contribution in [0, 0.1) is 0 Å². The Labute approximate surface area is 134 Å². The van der Waals surface area contributed by atoms with Crippen molar-refractivity contribution in [2.24, 2.45) is 5.73 Å². The number of esters is 1. The molecule has 1 unspecified atom stereocenters. The van der Waals surface area contributed by atoms with Crippen LogP contribution in [-0.2, 0) is 16.0 Å². The number of thiazole rings is 1. The number of hydrogen-bond acceptors (Lipinski definition) is 6. The molecule has 0 bridgehead atoms. The molecular formula is C13H22ClN3O3S. The number of halogens is 1. The topological polar surface area (TPSA) is 94.3 Å². The van der Waals surface area contributed by atoms with E-state index in [0.717, 1.165) is 17.8 Å². The quantitative estimate of drug-likeness (QED) is 0.778. The number of rotatable bonds is 6. The van der Waals surface area contributed by atoms with Crippen molar-refractivity contribution >= 4 is 40.8 Å². The maximum Gasteiger partial charge on any atom is 0.350 e. The van der Waals surface area contributed by atoms with E-state index in [2.05, 4.69) is 10.3 Å². The zero-order valence-electron chi connectivity index (χ0n) is 12.7. The molecule has 0 aliphatic rings. The molecule has 0 aromatic carbocycles. The van der Waals surface area contributed by atoms with Crippen molar-refractivity contribution in [3.05, 3.63) is 10.6 Å². The molecule has 0 fully saturated rings. The Kier molecular flexibility index (Phi) is 7.84. The van der Waals surface area contributed by atoms with Crippen LogP contribution in [0.15, 0.2) is 0 Å². The smallest absolute Gasteiger partial charge is 0.350 e. The minimum Gasteiger partial charge on any atom is -0.465 e. The van der Waals surface area contributed by atoms with E-state index in [9.17, 15) is 9.59 Å². The van der Waals surface area contributed by atoms with Crippen LogP contribution >= 0.6 is 23.7 Å². The summed E-state index contributed by atoms with van der Waals surface area (Å²) >= 11 is 1.11. The molecule has 8 heteroatoms. The molecule has 3 N–H and O–H groups in total. The van der Waals surface area contributed by atoms with Gasteiger partial charge < -0.3 is 15.8 Å². The van der Waals surface area contributed by atoms with Gasteiger partial charge in [0, 0.05) is 0 Å². The third-order valence-corrected chi connectivity index (χ3v) is 3.90. The van der Waals surface area contributed by atoms with E-state index in [4.69, 9.17) is 10.5 Å². The van der Waals surface area contributed by atoms with Crippen LogP contribution in [0.3, 0.4) is 0 Å². The fourth-order valence-corrected chi connectivity index (χ4v) is 2.74. The number of nitrogens with two attached hydrogens (primary N) is 1. The minimum atomic E-state index is -0.946. The second-order valence-corrected chi connectivity index (χ2v) is 5.76. The molecule has 6 nitrogen and oxygen atoms in total. The van der Waals surface area contributed by atoms with E-state index in [1.165, 1.54) is 7.11 Å². The van der Waals surface area contributed by atoms with E-state index in [1.807, 2.05) is 13.8 Å². The molecule has 21 heavy (non-hydrogen) atoms. The molecule has 0 saturated heterocycles. The van der Waals surface area contributed by atoms with Crippen LogP contribution in [0.5, 0.6) is 0 Å². The van der Waals surface area contributed by atoms with Gasteiger partial charge in [0.25, 0.3) is 0 Å². The van der Waals surface area contributed by atoms with Gasteiger partial charge in [-0.1, -0.05) is 31.6 Å². The highest BCUT2D eigenvalue weighted by atomic mass is 35.5. The van der Waals surface area contributed by atoms with Crippen LogP contribution in [0.4, 0.5) is 5.13 Å². The van der Waals surface area contributed by atoms with Crippen LogP contribution in [0.1, 0.15) is 49.0 Å². The van der Waals surface area contributed by atoms with Crippen molar-refractivity contribution in [2.45, 2.75) is 45.6 Å². The van der Waals surface area contributed by atoms with Gasteiger partial charge in [-0.2, -0.15) is 0 Å². The minimum absolute atomic E-state index is 0. The van der Waals surface area contributed by atoms with Gasteiger partial charge in [-0.25, -0.2) is 9.78 Å². The number of nitrogens with zero attached hydrogens (tertiary/aromatic N) is 1. The number of aromatic nitrogens is 1. The van der Waals surface area contributed by atoms with Crippen LogP contribution in [0.25, 0.3) is 0 Å². The molecule has 1 rings (SSSR count). The molecule has 0 saturated carbocycles. The summed E-state index contributed by atoms with van der Waals surface area (Å²) in [7, 11) is 1.32. The molecule has 0 radical (unpaired) electrons. The number of carbonyl (C=O) groups is 2. The van der Waals surface area contributed by atoms with Crippen molar-refractivity contribution in [2.75, 3.05) is 12.4 Å². The Balaban J connectivity index is 0.00000400. The van der Waals surface area contributed by atoms with Crippen molar-refractivity contribution in [3.63, 3.8) is 0 Å². The van der Waals surface area contributed by atoms with Gasteiger partial charge in [0.05, 0.1) is 18.3 Å². The predicted octanol–water partition coefficient (Wildman–Crippen LogP) is 2.37. The molecule has 120 valence electrons. The first-order valence-corrected chi connectivity index (χ1v) is 7.35. The van der Waals surface area contributed by atoms with Crippen LogP contribution < -0.4 is 11.1 Å². The lowest BCUT2D eigenvalue weighted by Crippen LogP contribution is -2.48. The average Bonchev–Trinajstić information content (AvgIpc) is 2.80. The monoisotopic (exact) mass is 335 g/mol. The fraction of sp³-hybridized carbons (Fsp3) is 0.615. The lowest BCUT2D eigenvalue weighted by molar-refractivity contribution is -0.120. The number of hydrogen-bond donors (Lipinski definition) is 2. The number of aryl methyl sites for hydroxylation is 1. The van der Waals surface area contributed by atoms with Crippen molar-refractivity contribution in [1.82, 2.24) is 4.98 Å². The SMILES string of the molecule is CCCC(C)(N)C(=O)Nc1nc(CC)c(C(=O)OC)s1.Cl. The van der Waals surface area contributed by atoms with E-state index in [-0.39, 0.29) is 18.3 Å². The molecule has 1 aromatic heterocycles. The summed E-state index contributed by atoms with van der Waals surface area (Å²) < 4.78 is 4.70. The van der Waals surface area contributed by atoms with Gasteiger partial charge in [-0.05, 0) is 19.8 Å². The van der Waals surface area contributed by atoms with Crippen molar-refractivity contribution in [1.29, 1.82) is 0 Å². The number of carbonyl (C=O) groups excluding carboxylic acids is 2. The highest BCUT2D eigenvalue weighted by Gasteiger charge is 2.28. The second kappa shape index (κ2) is 8.31. The summed E-state index contributed by atoms with van der Waals surface area (Å²) in [5.41, 5.74) is 5.63. The Bertz CT molecular complexity index is 503. The summed E-state index contributed by atoms with van der Waals surface area (Å²) in [5.74, 6) is -0.740. The maximum absolute atomic E-state index is 12.1.